The van der Waals surface area contributed by atoms with Crippen LogP contribution in [-0.4, -0.2) is 18.2 Å². The van der Waals surface area contributed by atoms with Crippen molar-refractivity contribution in [1.82, 2.24) is 9.78 Å². The molecule has 1 heterocycles. The van der Waals surface area contributed by atoms with Crippen LogP contribution in [0.25, 0.3) is 0 Å². The van der Waals surface area contributed by atoms with E-state index >= 15 is 0 Å². The number of aromatic nitrogens is 2. The molecule has 0 fully saturated rings. The fourth-order valence-corrected chi connectivity index (χ4v) is 3.15. The molecule has 2 aromatic carbocycles. The summed E-state index contributed by atoms with van der Waals surface area (Å²) in [5.74, 6) is -0.480. The molecule has 7 heteroatoms. The molecule has 0 saturated heterocycles. The fraction of sp³-hybridized carbons (Fsp3) is 0.0625. The molecule has 0 saturated carbocycles. The molecule has 23 heavy (non-hydrogen) atoms. The Kier molecular flexibility index (Phi) is 4.12. The van der Waals surface area contributed by atoms with Gasteiger partial charge in [0.1, 0.15) is 5.82 Å². The number of benzene rings is 2. The van der Waals surface area contributed by atoms with E-state index in [4.69, 9.17) is 0 Å². The Balaban J connectivity index is 1.73. The number of nitrogens with zero attached hydrogens (tertiary/aromatic N) is 2. The summed E-state index contributed by atoms with van der Waals surface area (Å²) in [5, 5.41) is 4.11. The van der Waals surface area contributed by atoms with Gasteiger partial charge in [-0.05, 0) is 48.0 Å². The van der Waals surface area contributed by atoms with Gasteiger partial charge in [0.2, 0.25) is 0 Å². The molecule has 3 aromatic rings. The second-order valence-corrected chi connectivity index (χ2v) is 6.64. The lowest BCUT2D eigenvalue weighted by Gasteiger charge is -2.09. The number of hydrogen-bond donors (Lipinski definition) is 1. The third kappa shape index (κ3) is 3.75. The van der Waals surface area contributed by atoms with Gasteiger partial charge in [-0.15, -0.1) is 0 Å². The number of hydrogen-bond acceptors (Lipinski definition) is 3. The first-order valence-corrected chi connectivity index (χ1v) is 8.36. The first kappa shape index (κ1) is 15.2. The Labute approximate surface area is 133 Å². The molecule has 0 aliphatic rings. The van der Waals surface area contributed by atoms with Crippen molar-refractivity contribution in [2.75, 3.05) is 4.72 Å². The summed E-state index contributed by atoms with van der Waals surface area (Å²) in [5.41, 5.74) is 1.44. The summed E-state index contributed by atoms with van der Waals surface area (Å²) in [6, 6.07) is 13.5. The van der Waals surface area contributed by atoms with Gasteiger partial charge in [0.15, 0.2) is 0 Å². The van der Waals surface area contributed by atoms with Crippen molar-refractivity contribution < 1.29 is 12.8 Å². The molecule has 0 atom stereocenters. The minimum Gasteiger partial charge on any atom is -0.280 e. The van der Waals surface area contributed by atoms with Crippen LogP contribution in [0, 0.1) is 5.82 Å². The van der Waals surface area contributed by atoms with E-state index in [2.05, 4.69) is 9.82 Å². The maximum absolute atomic E-state index is 12.9. The average molecular weight is 331 g/mol. The first-order chi connectivity index (χ1) is 11.0. The molecule has 0 bridgehead atoms. The molecular formula is C16H14FN3O2S. The van der Waals surface area contributed by atoms with Crippen molar-refractivity contribution in [3.8, 4) is 0 Å². The van der Waals surface area contributed by atoms with E-state index < -0.39 is 15.8 Å². The molecule has 0 radical (unpaired) electrons. The van der Waals surface area contributed by atoms with Crippen molar-refractivity contribution in [3.05, 3.63) is 78.4 Å². The number of nitrogens with one attached hydrogen (secondary N) is 1. The van der Waals surface area contributed by atoms with E-state index in [-0.39, 0.29) is 4.90 Å². The van der Waals surface area contributed by atoms with Crippen LogP contribution in [0.4, 0.5) is 10.1 Å². The molecule has 0 spiro atoms. The first-order valence-electron chi connectivity index (χ1n) is 6.88. The number of rotatable bonds is 5. The summed E-state index contributed by atoms with van der Waals surface area (Å²) in [6.45, 7) is 0.609. The van der Waals surface area contributed by atoms with Crippen LogP contribution in [0.1, 0.15) is 5.56 Å². The molecule has 1 N–H and O–H groups in total. The molecule has 0 unspecified atom stereocenters. The van der Waals surface area contributed by atoms with Gasteiger partial charge in [-0.1, -0.05) is 12.1 Å². The predicted molar refractivity (Wildman–Crippen MR) is 85.0 cm³/mol. The molecule has 0 amide bonds. The van der Waals surface area contributed by atoms with Crippen LogP contribution in [0.5, 0.6) is 0 Å². The Morgan fingerprint density at radius 1 is 1.04 bits per heavy atom. The third-order valence-corrected chi connectivity index (χ3v) is 4.63. The molecule has 5 nitrogen and oxygen atoms in total. The van der Waals surface area contributed by atoms with Crippen LogP contribution in [0.3, 0.4) is 0 Å². The summed E-state index contributed by atoms with van der Waals surface area (Å²) in [4.78, 5) is 0.0134. The zero-order valence-corrected chi connectivity index (χ0v) is 12.9. The van der Waals surface area contributed by atoms with Crippen molar-refractivity contribution in [2.45, 2.75) is 11.4 Å². The van der Waals surface area contributed by atoms with E-state index in [0.29, 0.717) is 12.2 Å². The van der Waals surface area contributed by atoms with Gasteiger partial charge < -0.3 is 0 Å². The summed E-state index contributed by atoms with van der Waals surface area (Å²) in [7, 11) is -3.73. The second kappa shape index (κ2) is 6.21. The van der Waals surface area contributed by atoms with Gasteiger partial charge in [0, 0.05) is 18.1 Å². The van der Waals surface area contributed by atoms with Gasteiger partial charge in [0.25, 0.3) is 10.0 Å². The van der Waals surface area contributed by atoms with Crippen molar-refractivity contribution in [1.29, 1.82) is 0 Å². The Morgan fingerprint density at radius 2 is 1.74 bits per heavy atom. The van der Waals surface area contributed by atoms with E-state index in [1.807, 2.05) is 24.4 Å². The lowest BCUT2D eigenvalue weighted by molar-refractivity contribution is 0.599. The Morgan fingerprint density at radius 3 is 2.35 bits per heavy atom. The summed E-state index contributed by atoms with van der Waals surface area (Å²) < 4.78 is 41.5. The highest BCUT2D eigenvalue weighted by molar-refractivity contribution is 7.92. The highest BCUT2D eigenvalue weighted by atomic mass is 32.2. The Hall–Kier alpha value is -2.67. The quantitative estimate of drug-likeness (QED) is 0.782. The SMILES string of the molecule is O=S(=O)(Nc1ccc(Cn2cccn2)cc1)c1ccc(F)cc1. The molecule has 0 aliphatic carbocycles. The van der Waals surface area contributed by atoms with Gasteiger partial charge >= 0.3 is 0 Å². The van der Waals surface area contributed by atoms with E-state index in [1.165, 1.54) is 12.1 Å². The number of halogens is 1. The van der Waals surface area contributed by atoms with Crippen molar-refractivity contribution in [3.63, 3.8) is 0 Å². The normalized spacial score (nSPS) is 11.3. The minimum absolute atomic E-state index is 0.0134. The Bertz CT molecular complexity index is 874. The lowest BCUT2D eigenvalue weighted by atomic mass is 10.2. The number of sulfonamides is 1. The van der Waals surface area contributed by atoms with E-state index in [0.717, 1.165) is 17.7 Å². The largest absolute Gasteiger partial charge is 0.280 e. The molecule has 0 aliphatic heterocycles. The van der Waals surface area contributed by atoms with Gasteiger partial charge in [-0.3, -0.25) is 9.40 Å². The van der Waals surface area contributed by atoms with Gasteiger partial charge in [-0.2, -0.15) is 5.10 Å². The molecular weight excluding hydrogens is 317 g/mol. The highest BCUT2D eigenvalue weighted by Crippen LogP contribution is 2.17. The smallest absolute Gasteiger partial charge is 0.261 e. The summed E-state index contributed by atoms with van der Waals surface area (Å²) >= 11 is 0. The standard InChI is InChI=1S/C16H14FN3O2S/c17-14-4-8-16(9-5-14)23(21,22)19-15-6-2-13(3-7-15)12-20-11-1-10-18-20/h1-11,19H,12H2. The van der Waals surface area contributed by atoms with Crippen LogP contribution in [0.15, 0.2) is 71.9 Å². The van der Waals surface area contributed by atoms with Gasteiger partial charge in [-0.25, -0.2) is 12.8 Å². The van der Waals surface area contributed by atoms with E-state index in [9.17, 15) is 12.8 Å². The fourth-order valence-electron chi connectivity index (χ4n) is 2.09. The zero-order chi connectivity index (χ0) is 16.3. The predicted octanol–water partition coefficient (Wildman–Crippen LogP) is 2.87. The summed E-state index contributed by atoms with van der Waals surface area (Å²) in [6.07, 6.45) is 3.55. The maximum atomic E-state index is 12.9. The van der Waals surface area contributed by atoms with Gasteiger partial charge in [0.05, 0.1) is 11.4 Å². The topological polar surface area (TPSA) is 64.0 Å². The monoisotopic (exact) mass is 331 g/mol. The molecule has 1 aromatic heterocycles. The zero-order valence-electron chi connectivity index (χ0n) is 12.1. The molecule has 118 valence electrons. The number of anilines is 1. The van der Waals surface area contributed by atoms with Crippen LogP contribution in [-0.2, 0) is 16.6 Å². The highest BCUT2D eigenvalue weighted by Gasteiger charge is 2.14. The maximum Gasteiger partial charge on any atom is 0.261 e. The average Bonchev–Trinajstić information content (AvgIpc) is 3.02. The van der Waals surface area contributed by atoms with Crippen LogP contribution < -0.4 is 4.72 Å². The van der Waals surface area contributed by atoms with Crippen LogP contribution in [0.2, 0.25) is 0 Å². The van der Waals surface area contributed by atoms with Crippen molar-refractivity contribution >= 4 is 15.7 Å². The third-order valence-electron chi connectivity index (χ3n) is 3.23. The second-order valence-electron chi connectivity index (χ2n) is 4.96. The van der Waals surface area contributed by atoms with Crippen LogP contribution >= 0.6 is 0 Å². The minimum atomic E-state index is -3.73. The lowest BCUT2D eigenvalue weighted by Crippen LogP contribution is -2.13. The molecule has 3 rings (SSSR count). The van der Waals surface area contributed by atoms with E-state index in [1.54, 1.807) is 23.0 Å². The van der Waals surface area contributed by atoms with Crippen molar-refractivity contribution in [2.24, 2.45) is 0 Å².